The number of aromatic nitrogens is 3. The fourth-order valence-corrected chi connectivity index (χ4v) is 3.92. The van der Waals surface area contributed by atoms with Gasteiger partial charge in [0.2, 0.25) is 0 Å². The molecule has 0 aliphatic carbocycles. The van der Waals surface area contributed by atoms with E-state index in [1.807, 2.05) is 0 Å². The quantitative estimate of drug-likeness (QED) is 0.837. The average Bonchev–Trinajstić information content (AvgIpc) is 2.91. The lowest BCUT2D eigenvalue weighted by Crippen LogP contribution is -2.34. The molecule has 0 amide bonds. The summed E-state index contributed by atoms with van der Waals surface area (Å²) in [5.41, 5.74) is 0. The van der Waals surface area contributed by atoms with Crippen molar-refractivity contribution in [3.8, 4) is 0 Å². The first-order valence-electron chi connectivity index (χ1n) is 9.10. The van der Waals surface area contributed by atoms with Gasteiger partial charge in [-0.05, 0) is 64.8 Å². The number of hydrogen-bond donors (Lipinski definition) is 0. The SMILES string of the molecule is CCCN1CCC(c2nnc(CN3CCCCC3)n2C)CC1. The summed E-state index contributed by atoms with van der Waals surface area (Å²) in [5.74, 6) is 2.96. The molecular formula is C17H31N5. The van der Waals surface area contributed by atoms with E-state index in [1.165, 1.54) is 77.1 Å². The lowest BCUT2D eigenvalue weighted by atomic mass is 9.96. The summed E-state index contributed by atoms with van der Waals surface area (Å²) in [4.78, 5) is 5.11. The van der Waals surface area contributed by atoms with Crippen molar-refractivity contribution in [2.75, 3.05) is 32.7 Å². The second-order valence-corrected chi connectivity index (χ2v) is 6.99. The monoisotopic (exact) mass is 305 g/mol. The second kappa shape index (κ2) is 7.55. The minimum absolute atomic E-state index is 0.598. The van der Waals surface area contributed by atoms with Gasteiger partial charge in [-0.3, -0.25) is 4.90 Å². The second-order valence-electron chi connectivity index (χ2n) is 6.99. The van der Waals surface area contributed by atoms with Crippen LogP contribution in [0.25, 0.3) is 0 Å². The number of rotatable bonds is 5. The maximum Gasteiger partial charge on any atom is 0.146 e. The molecule has 0 saturated carbocycles. The topological polar surface area (TPSA) is 37.2 Å². The molecule has 3 rings (SSSR count). The van der Waals surface area contributed by atoms with Crippen molar-refractivity contribution in [2.45, 2.75) is 57.9 Å². The lowest BCUT2D eigenvalue weighted by molar-refractivity contribution is 0.206. The van der Waals surface area contributed by atoms with Gasteiger partial charge >= 0.3 is 0 Å². The molecule has 22 heavy (non-hydrogen) atoms. The van der Waals surface area contributed by atoms with Crippen molar-refractivity contribution in [2.24, 2.45) is 7.05 Å². The number of nitrogens with zero attached hydrogens (tertiary/aromatic N) is 5. The van der Waals surface area contributed by atoms with Crippen molar-refractivity contribution in [3.05, 3.63) is 11.6 Å². The molecular weight excluding hydrogens is 274 g/mol. The smallest absolute Gasteiger partial charge is 0.146 e. The summed E-state index contributed by atoms with van der Waals surface area (Å²) in [7, 11) is 2.16. The normalized spacial score (nSPS) is 22.3. The summed E-state index contributed by atoms with van der Waals surface area (Å²) in [6.45, 7) is 9.35. The molecule has 1 aromatic heterocycles. The third-order valence-corrected chi connectivity index (χ3v) is 5.30. The van der Waals surface area contributed by atoms with Gasteiger partial charge in [0.1, 0.15) is 11.6 Å². The Balaban J connectivity index is 1.58. The van der Waals surface area contributed by atoms with Gasteiger partial charge in [-0.1, -0.05) is 13.3 Å². The summed E-state index contributed by atoms with van der Waals surface area (Å²) in [5, 5.41) is 9.04. The Bertz CT molecular complexity index is 456. The molecule has 0 unspecified atom stereocenters. The zero-order valence-corrected chi connectivity index (χ0v) is 14.3. The van der Waals surface area contributed by atoms with E-state index in [9.17, 15) is 0 Å². The molecule has 2 aliphatic rings. The van der Waals surface area contributed by atoms with E-state index >= 15 is 0 Å². The molecule has 5 heteroatoms. The van der Waals surface area contributed by atoms with Gasteiger partial charge in [0, 0.05) is 13.0 Å². The Labute approximate surface area is 134 Å². The van der Waals surface area contributed by atoms with Gasteiger partial charge in [0.15, 0.2) is 0 Å². The fraction of sp³-hybridized carbons (Fsp3) is 0.882. The van der Waals surface area contributed by atoms with Crippen molar-refractivity contribution in [1.82, 2.24) is 24.6 Å². The van der Waals surface area contributed by atoms with E-state index in [-0.39, 0.29) is 0 Å². The summed E-state index contributed by atoms with van der Waals surface area (Å²) < 4.78 is 2.27. The van der Waals surface area contributed by atoms with Crippen molar-refractivity contribution in [1.29, 1.82) is 0 Å². The van der Waals surface area contributed by atoms with Crippen LogP contribution < -0.4 is 0 Å². The van der Waals surface area contributed by atoms with Gasteiger partial charge in [-0.15, -0.1) is 10.2 Å². The zero-order valence-electron chi connectivity index (χ0n) is 14.3. The maximum absolute atomic E-state index is 4.54. The molecule has 2 saturated heterocycles. The summed E-state index contributed by atoms with van der Waals surface area (Å²) >= 11 is 0. The Kier molecular flexibility index (Phi) is 5.47. The first kappa shape index (κ1) is 15.9. The molecule has 1 aromatic rings. The summed E-state index contributed by atoms with van der Waals surface area (Å²) in [6.07, 6.45) is 7.78. The first-order chi connectivity index (χ1) is 10.8. The molecule has 0 spiro atoms. The molecule has 2 aliphatic heterocycles. The van der Waals surface area contributed by atoms with E-state index in [2.05, 4.69) is 38.5 Å². The van der Waals surface area contributed by atoms with Crippen LogP contribution in [0.5, 0.6) is 0 Å². The van der Waals surface area contributed by atoms with E-state index in [4.69, 9.17) is 0 Å². The largest absolute Gasteiger partial charge is 0.317 e. The van der Waals surface area contributed by atoms with Gasteiger partial charge in [0.25, 0.3) is 0 Å². The van der Waals surface area contributed by atoms with Gasteiger partial charge in [0.05, 0.1) is 6.54 Å². The van der Waals surface area contributed by atoms with Crippen LogP contribution in [-0.4, -0.2) is 57.3 Å². The Morgan fingerprint density at radius 2 is 1.68 bits per heavy atom. The molecule has 0 N–H and O–H groups in total. The number of hydrogen-bond acceptors (Lipinski definition) is 4. The van der Waals surface area contributed by atoms with Gasteiger partial charge < -0.3 is 9.47 Å². The average molecular weight is 305 g/mol. The van der Waals surface area contributed by atoms with Crippen molar-refractivity contribution in [3.63, 3.8) is 0 Å². The molecule has 5 nitrogen and oxygen atoms in total. The first-order valence-corrected chi connectivity index (χ1v) is 9.10. The Morgan fingerprint density at radius 3 is 2.36 bits per heavy atom. The van der Waals surface area contributed by atoms with Crippen molar-refractivity contribution < 1.29 is 0 Å². The van der Waals surface area contributed by atoms with Crippen LogP contribution in [0, 0.1) is 0 Å². The maximum atomic E-state index is 4.54. The minimum Gasteiger partial charge on any atom is -0.317 e. The molecule has 3 heterocycles. The van der Waals surface area contributed by atoms with E-state index < -0.39 is 0 Å². The fourth-order valence-electron chi connectivity index (χ4n) is 3.92. The lowest BCUT2D eigenvalue weighted by Gasteiger charge is -2.31. The summed E-state index contributed by atoms with van der Waals surface area (Å²) in [6, 6.07) is 0. The highest BCUT2D eigenvalue weighted by Gasteiger charge is 2.25. The highest BCUT2D eigenvalue weighted by atomic mass is 15.3. The molecule has 124 valence electrons. The van der Waals surface area contributed by atoms with E-state index in [1.54, 1.807) is 0 Å². The molecule has 0 atom stereocenters. The van der Waals surface area contributed by atoms with Crippen LogP contribution in [0.15, 0.2) is 0 Å². The predicted molar refractivity (Wildman–Crippen MR) is 88.8 cm³/mol. The predicted octanol–water partition coefficient (Wildman–Crippen LogP) is 2.39. The zero-order chi connectivity index (χ0) is 15.4. The van der Waals surface area contributed by atoms with E-state index in [0.717, 1.165) is 12.4 Å². The number of piperidine rings is 2. The van der Waals surface area contributed by atoms with Crippen LogP contribution in [0.3, 0.4) is 0 Å². The van der Waals surface area contributed by atoms with Crippen molar-refractivity contribution >= 4 is 0 Å². The van der Waals surface area contributed by atoms with Crippen LogP contribution in [0.4, 0.5) is 0 Å². The van der Waals surface area contributed by atoms with Crippen LogP contribution in [0.1, 0.15) is 63.0 Å². The van der Waals surface area contributed by atoms with Gasteiger partial charge in [-0.2, -0.15) is 0 Å². The molecule has 0 radical (unpaired) electrons. The third kappa shape index (κ3) is 3.69. The number of likely N-dealkylation sites (tertiary alicyclic amines) is 2. The molecule has 0 bridgehead atoms. The van der Waals surface area contributed by atoms with Crippen LogP contribution in [-0.2, 0) is 13.6 Å². The Morgan fingerprint density at radius 1 is 0.955 bits per heavy atom. The molecule has 0 aromatic carbocycles. The molecule has 2 fully saturated rings. The van der Waals surface area contributed by atoms with Gasteiger partial charge in [-0.25, -0.2) is 0 Å². The highest BCUT2D eigenvalue weighted by Crippen LogP contribution is 2.27. The highest BCUT2D eigenvalue weighted by molar-refractivity contribution is 5.03. The van der Waals surface area contributed by atoms with Crippen LogP contribution in [0.2, 0.25) is 0 Å². The van der Waals surface area contributed by atoms with Crippen LogP contribution >= 0.6 is 0 Å². The third-order valence-electron chi connectivity index (χ3n) is 5.30. The minimum atomic E-state index is 0.598. The Hall–Kier alpha value is -0.940. The van der Waals surface area contributed by atoms with E-state index in [0.29, 0.717) is 5.92 Å². The standard InChI is InChI=1S/C17H31N5/c1-3-9-21-12-7-15(8-13-21)17-19-18-16(20(17)2)14-22-10-5-4-6-11-22/h15H,3-14H2,1-2H3.